The van der Waals surface area contributed by atoms with Crippen LogP contribution in [-0.4, -0.2) is 57.6 Å². The monoisotopic (exact) mass is 565 g/mol. The van der Waals surface area contributed by atoms with Crippen LogP contribution in [0.2, 0.25) is 0 Å². The summed E-state index contributed by atoms with van der Waals surface area (Å²) >= 11 is 0. The van der Waals surface area contributed by atoms with Crippen LogP contribution >= 0.6 is 0 Å². The van der Waals surface area contributed by atoms with E-state index in [9.17, 15) is 18.0 Å². The van der Waals surface area contributed by atoms with E-state index >= 15 is 0 Å². The number of sulfonamides is 1. The van der Waals surface area contributed by atoms with Crippen LogP contribution in [0.4, 0.5) is 5.69 Å². The van der Waals surface area contributed by atoms with E-state index in [1.54, 1.807) is 24.3 Å². The quantitative estimate of drug-likeness (QED) is 0.336. The highest BCUT2D eigenvalue weighted by Crippen LogP contribution is 2.23. The van der Waals surface area contributed by atoms with Crippen molar-refractivity contribution in [2.45, 2.75) is 39.8 Å². The van der Waals surface area contributed by atoms with E-state index in [0.29, 0.717) is 18.0 Å². The number of amides is 2. The van der Waals surface area contributed by atoms with Gasteiger partial charge in [0.15, 0.2) is 0 Å². The lowest BCUT2D eigenvalue weighted by atomic mass is 10.0. The first-order valence-corrected chi connectivity index (χ1v) is 15.1. The Balaban J connectivity index is 2.04. The number of benzene rings is 3. The van der Waals surface area contributed by atoms with Crippen molar-refractivity contribution in [3.63, 3.8) is 0 Å². The highest BCUT2D eigenvalue weighted by Gasteiger charge is 2.33. The Morgan fingerprint density at radius 1 is 0.925 bits per heavy atom. The van der Waals surface area contributed by atoms with Gasteiger partial charge in [0.05, 0.1) is 19.1 Å². The average molecular weight is 566 g/mol. The standard InChI is InChI=1S/C31H39N3O5S/c1-23(2)20-32-31(36)29(19-25-12-7-6-8-13-25)33(21-26-14-10-9-11-24(26)3)30(35)22-34(40(5,37)38)27-15-17-28(39-4)18-16-27/h6-18,23,29H,19-22H2,1-5H3,(H,32,36)/t29-/m1/s1. The fraction of sp³-hybridized carbons (Fsp3) is 0.355. The molecule has 0 saturated heterocycles. The van der Waals surface area contributed by atoms with Gasteiger partial charge in [0.1, 0.15) is 18.3 Å². The lowest BCUT2D eigenvalue weighted by molar-refractivity contribution is -0.140. The first-order chi connectivity index (χ1) is 19.0. The maximum atomic E-state index is 14.1. The maximum Gasteiger partial charge on any atom is 0.244 e. The summed E-state index contributed by atoms with van der Waals surface area (Å²) < 4.78 is 32.0. The number of aryl methyl sites for hydroxylation is 1. The van der Waals surface area contributed by atoms with Gasteiger partial charge >= 0.3 is 0 Å². The Morgan fingerprint density at radius 3 is 2.12 bits per heavy atom. The summed E-state index contributed by atoms with van der Waals surface area (Å²) in [6.07, 6.45) is 1.34. The molecular weight excluding hydrogens is 526 g/mol. The van der Waals surface area contributed by atoms with E-state index in [1.807, 2.05) is 75.4 Å². The second-order valence-corrected chi connectivity index (χ2v) is 12.2. The van der Waals surface area contributed by atoms with E-state index in [1.165, 1.54) is 12.0 Å². The molecule has 3 aromatic rings. The lowest BCUT2D eigenvalue weighted by Crippen LogP contribution is -2.53. The molecule has 0 heterocycles. The molecule has 0 radical (unpaired) electrons. The van der Waals surface area contributed by atoms with Crippen LogP contribution in [0.15, 0.2) is 78.9 Å². The molecule has 214 valence electrons. The molecule has 0 aromatic heterocycles. The Hall–Kier alpha value is -3.85. The molecule has 8 nitrogen and oxygen atoms in total. The van der Waals surface area contributed by atoms with Gasteiger partial charge in [-0.15, -0.1) is 0 Å². The number of hydrogen-bond acceptors (Lipinski definition) is 5. The molecule has 0 aliphatic heterocycles. The van der Waals surface area contributed by atoms with Gasteiger partial charge in [-0.2, -0.15) is 0 Å². The molecular formula is C31H39N3O5S. The van der Waals surface area contributed by atoms with Gasteiger partial charge in [-0.1, -0.05) is 68.4 Å². The van der Waals surface area contributed by atoms with Crippen molar-refractivity contribution >= 4 is 27.5 Å². The first-order valence-electron chi connectivity index (χ1n) is 13.3. The molecule has 0 spiro atoms. The highest BCUT2D eigenvalue weighted by atomic mass is 32.2. The Morgan fingerprint density at radius 2 is 1.55 bits per heavy atom. The Bertz CT molecular complexity index is 1380. The number of carbonyl (C=O) groups excluding carboxylic acids is 2. The molecule has 2 amide bonds. The minimum Gasteiger partial charge on any atom is -0.497 e. The Labute approximate surface area is 238 Å². The van der Waals surface area contributed by atoms with Crippen molar-refractivity contribution in [2.24, 2.45) is 5.92 Å². The fourth-order valence-electron chi connectivity index (χ4n) is 4.31. The van der Waals surface area contributed by atoms with Gasteiger partial charge < -0.3 is 15.0 Å². The Kier molecular flexibility index (Phi) is 10.7. The van der Waals surface area contributed by atoms with Gasteiger partial charge in [-0.25, -0.2) is 8.42 Å². The van der Waals surface area contributed by atoms with Crippen LogP contribution < -0.4 is 14.4 Å². The zero-order valence-electron chi connectivity index (χ0n) is 23.8. The summed E-state index contributed by atoms with van der Waals surface area (Å²) in [7, 11) is -2.31. The molecule has 3 aromatic carbocycles. The average Bonchev–Trinajstić information content (AvgIpc) is 2.93. The molecule has 0 unspecified atom stereocenters. The van der Waals surface area contributed by atoms with Crippen molar-refractivity contribution in [1.29, 1.82) is 0 Å². The molecule has 1 atom stereocenters. The molecule has 0 saturated carbocycles. The molecule has 9 heteroatoms. The molecule has 0 aliphatic carbocycles. The van der Waals surface area contributed by atoms with Crippen molar-refractivity contribution in [2.75, 3.05) is 30.8 Å². The van der Waals surface area contributed by atoms with E-state index in [0.717, 1.165) is 27.3 Å². The summed E-state index contributed by atoms with van der Waals surface area (Å²) in [5.41, 5.74) is 3.07. The minimum atomic E-state index is -3.83. The number of anilines is 1. The molecule has 0 bridgehead atoms. The van der Waals surface area contributed by atoms with Crippen LogP contribution in [0.5, 0.6) is 5.75 Å². The van der Waals surface area contributed by atoms with E-state index < -0.39 is 28.5 Å². The summed E-state index contributed by atoms with van der Waals surface area (Å²) in [6.45, 7) is 6.10. The number of methoxy groups -OCH3 is 1. The summed E-state index contributed by atoms with van der Waals surface area (Å²) in [6, 6.07) is 22.8. The molecule has 3 rings (SSSR count). The predicted molar refractivity (Wildman–Crippen MR) is 159 cm³/mol. The van der Waals surface area contributed by atoms with E-state index in [-0.39, 0.29) is 24.8 Å². The summed E-state index contributed by atoms with van der Waals surface area (Å²) in [5, 5.41) is 2.99. The topological polar surface area (TPSA) is 96.0 Å². The normalized spacial score (nSPS) is 12.1. The van der Waals surface area contributed by atoms with Gasteiger partial charge in [0.2, 0.25) is 21.8 Å². The highest BCUT2D eigenvalue weighted by molar-refractivity contribution is 7.92. The second kappa shape index (κ2) is 14.0. The number of nitrogens with one attached hydrogen (secondary N) is 1. The van der Waals surface area contributed by atoms with Gasteiger partial charge in [0.25, 0.3) is 0 Å². The van der Waals surface area contributed by atoms with E-state index in [4.69, 9.17) is 4.74 Å². The summed E-state index contributed by atoms with van der Waals surface area (Å²) in [4.78, 5) is 29.3. The number of rotatable bonds is 13. The van der Waals surface area contributed by atoms with Gasteiger partial charge in [-0.3, -0.25) is 13.9 Å². The third-order valence-electron chi connectivity index (χ3n) is 6.60. The van der Waals surface area contributed by atoms with Crippen LogP contribution in [-0.2, 0) is 32.6 Å². The minimum absolute atomic E-state index is 0.151. The number of nitrogens with zero attached hydrogens (tertiary/aromatic N) is 2. The molecule has 40 heavy (non-hydrogen) atoms. The zero-order valence-corrected chi connectivity index (χ0v) is 24.6. The molecule has 1 N–H and O–H groups in total. The largest absolute Gasteiger partial charge is 0.497 e. The number of hydrogen-bond donors (Lipinski definition) is 1. The first kappa shape index (κ1) is 30.7. The third-order valence-corrected chi connectivity index (χ3v) is 7.74. The van der Waals surface area contributed by atoms with Crippen molar-refractivity contribution in [1.82, 2.24) is 10.2 Å². The predicted octanol–water partition coefficient (Wildman–Crippen LogP) is 4.18. The van der Waals surface area contributed by atoms with Crippen LogP contribution in [0.3, 0.4) is 0 Å². The second-order valence-electron chi connectivity index (χ2n) is 10.3. The van der Waals surface area contributed by atoms with Crippen LogP contribution in [0.1, 0.15) is 30.5 Å². The van der Waals surface area contributed by atoms with Crippen molar-refractivity contribution < 1.29 is 22.7 Å². The summed E-state index contributed by atoms with van der Waals surface area (Å²) in [5.74, 6) is 0.0204. The number of carbonyl (C=O) groups is 2. The maximum absolute atomic E-state index is 14.1. The van der Waals surface area contributed by atoms with Gasteiger partial charge in [0, 0.05) is 19.5 Å². The SMILES string of the molecule is COc1ccc(N(CC(=O)N(Cc2ccccc2C)[C@H](Cc2ccccc2)C(=O)NCC(C)C)S(C)(=O)=O)cc1. The smallest absolute Gasteiger partial charge is 0.244 e. The van der Waals surface area contributed by atoms with Crippen LogP contribution in [0.25, 0.3) is 0 Å². The fourth-order valence-corrected chi connectivity index (χ4v) is 5.16. The van der Waals surface area contributed by atoms with Crippen LogP contribution in [0, 0.1) is 12.8 Å². The lowest BCUT2D eigenvalue weighted by Gasteiger charge is -2.34. The van der Waals surface area contributed by atoms with Crippen molar-refractivity contribution in [3.05, 3.63) is 95.6 Å². The number of ether oxygens (including phenoxy) is 1. The third kappa shape index (κ3) is 8.58. The van der Waals surface area contributed by atoms with Gasteiger partial charge in [-0.05, 0) is 53.8 Å². The zero-order chi connectivity index (χ0) is 29.3. The molecule has 0 aliphatic rings. The van der Waals surface area contributed by atoms with Crippen molar-refractivity contribution in [3.8, 4) is 5.75 Å². The van der Waals surface area contributed by atoms with E-state index in [2.05, 4.69) is 5.32 Å². The molecule has 0 fully saturated rings.